The first kappa shape index (κ1) is 16.9. The normalized spacial score (nSPS) is 10.6. The van der Waals surface area contributed by atoms with Crippen LogP contribution in [0.1, 0.15) is 5.76 Å². The third-order valence-electron chi connectivity index (χ3n) is 3.78. The number of rotatable bonds is 4. The van der Waals surface area contributed by atoms with Crippen molar-refractivity contribution in [3.63, 3.8) is 0 Å². The van der Waals surface area contributed by atoms with Gasteiger partial charge in [0.25, 0.3) is 0 Å². The largest absolute Gasteiger partial charge is 0.459 e. The topological polar surface area (TPSA) is 73.8 Å². The highest BCUT2D eigenvalue weighted by Gasteiger charge is 2.09. The van der Waals surface area contributed by atoms with Gasteiger partial charge in [0.15, 0.2) is 0 Å². The van der Waals surface area contributed by atoms with Crippen molar-refractivity contribution in [2.24, 2.45) is 0 Å². The van der Waals surface area contributed by atoms with Crippen molar-refractivity contribution < 1.29 is 8.81 Å². The molecule has 0 aliphatic carbocycles. The summed E-state index contributed by atoms with van der Waals surface area (Å²) in [5, 5.41) is 3.22. The molecule has 3 N–H and O–H groups in total. The Morgan fingerprint density at radius 3 is 2.64 bits per heavy atom. The minimum atomic E-state index is -0.312. The van der Waals surface area contributed by atoms with Crippen LogP contribution < -0.4 is 11.0 Å². The van der Waals surface area contributed by atoms with Crippen LogP contribution in [0.5, 0.6) is 0 Å². The van der Waals surface area contributed by atoms with E-state index in [1.807, 2.05) is 24.3 Å². The average Bonchev–Trinajstić information content (AvgIpc) is 3.18. The molecule has 0 fully saturated rings. The molecule has 0 atom stereocenters. The van der Waals surface area contributed by atoms with Crippen molar-refractivity contribution in [2.45, 2.75) is 6.54 Å². The number of imidazole rings is 1. The van der Waals surface area contributed by atoms with Crippen LogP contribution in [0.2, 0.25) is 0 Å². The van der Waals surface area contributed by atoms with Crippen LogP contribution in [0.15, 0.2) is 63.8 Å². The third kappa shape index (κ3) is 3.44. The van der Waals surface area contributed by atoms with E-state index in [4.69, 9.17) is 4.42 Å². The summed E-state index contributed by atoms with van der Waals surface area (Å²) < 4.78 is 19.5. The quantitative estimate of drug-likeness (QED) is 0.509. The Balaban J connectivity index is 0.00000182. The second kappa shape index (κ2) is 6.86. The predicted molar refractivity (Wildman–Crippen MR) is 97.6 cm³/mol. The van der Waals surface area contributed by atoms with Crippen molar-refractivity contribution in [1.29, 1.82) is 0 Å². The van der Waals surface area contributed by atoms with Gasteiger partial charge in [-0.2, -0.15) is 0 Å². The first-order chi connectivity index (χ1) is 11.7. The average molecular weight is 360 g/mol. The van der Waals surface area contributed by atoms with Crippen LogP contribution in [0.3, 0.4) is 0 Å². The number of aromatic amines is 2. The molecule has 2 heterocycles. The van der Waals surface area contributed by atoms with Crippen LogP contribution in [0, 0.1) is 5.82 Å². The second-order valence-corrected chi connectivity index (χ2v) is 5.44. The molecule has 0 aliphatic heterocycles. The summed E-state index contributed by atoms with van der Waals surface area (Å²) in [7, 11) is 0. The zero-order chi connectivity index (χ0) is 16.5. The van der Waals surface area contributed by atoms with E-state index in [1.54, 1.807) is 24.3 Å². The van der Waals surface area contributed by atoms with Crippen molar-refractivity contribution in [1.82, 2.24) is 9.97 Å². The lowest BCUT2D eigenvalue weighted by atomic mass is 10.1. The molecule has 0 radical (unpaired) electrons. The lowest BCUT2D eigenvalue weighted by molar-refractivity contribution is 0.525. The standard InChI is InChI=1S/C18H14FN3O2.ClH/c19-14-4-2-1-3-13(14)17-8-6-12(24-17)10-20-11-5-7-15-16(9-11)22-18(23)21-15;/h1-9,20H,10H2,(H2,21,22,23);1H. The molecule has 2 aromatic heterocycles. The Morgan fingerprint density at radius 2 is 1.80 bits per heavy atom. The van der Waals surface area contributed by atoms with Gasteiger partial charge >= 0.3 is 5.69 Å². The van der Waals surface area contributed by atoms with E-state index in [2.05, 4.69) is 15.3 Å². The number of fused-ring (bicyclic) bond motifs is 1. The highest BCUT2D eigenvalue weighted by Crippen LogP contribution is 2.25. The summed E-state index contributed by atoms with van der Waals surface area (Å²) >= 11 is 0. The molecule has 5 nitrogen and oxygen atoms in total. The molecule has 0 unspecified atom stereocenters. The number of furan rings is 1. The van der Waals surface area contributed by atoms with Gasteiger partial charge < -0.3 is 19.7 Å². The zero-order valence-corrected chi connectivity index (χ0v) is 13.8. The maximum Gasteiger partial charge on any atom is 0.323 e. The van der Waals surface area contributed by atoms with Gasteiger partial charge in [-0.3, -0.25) is 0 Å². The molecular weight excluding hydrogens is 345 g/mol. The summed E-state index contributed by atoms with van der Waals surface area (Å²) in [6, 6.07) is 15.6. The molecule has 7 heteroatoms. The number of anilines is 1. The molecule has 2 aromatic carbocycles. The summed E-state index contributed by atoms with van der Waals surface area (Å²) in [5.74, 6) is 0.874. The molecule has 4 rings (SSSR count). The molecule has 0 saturated carbocycles. The lowest BCUT2D eigenvalue weighted by Crippen LogP contribution is -1.99. The van der Waals surface area contributed by atoms with E-state index in [0.29, 0.717) is 23.6 Å². The first-order valence-electron chi connectivity index (χ1n) is 7.48. The maximum absolute atomic E-state index is 13.8. The predicted octanol–water partition coefficient (Wildman–Crippen LogP) is 4.29. The van der Waals surface area contributed by atoms with E-state index in [1.165, 1.54) is 6.07 Å². The Labute approximate surface area is 148 Å². The number of hydrogen-bond donors (Lipinski definition) is 3. The molecule has 25 heavy (non-hydrogen) atoms. The van der Waals surface area contributed by atoms with Crippen molar-refractivity contribution in [3.8, 4) is 11.3 Å². The fourth-order valence-corrected chi connectivity index (χ4v) is 2.61. The summed E-state index contributed by atoms with van der Waals surface area (Å²) in [5.41, 5.74) is 2.54. The molecule has 0 amide bonds. The van der Waals surface area contributed by atoms with Gasteiger partial charge in [0.2, 0.25) is 0 Å². The minimum Gasteiger partial charge on any atom is -0.459 e. The van der Waals surface area contributed by atoms with Crippen LogP contribution in [-0.4, -0.2) is 9.97 Å². The highest BCUT2D eigenvalue weighted by atomic mass is 35.5. The Kier molecular flexibility index (Phi) is 4.63. The number of benzene rings is 2. The molecule has 0 bridgehead atoms. The SMILES string of the molecule is Cl.O=c1[nH]c2ccc(NCc3ccc(-c4ccccc4F)o3)cc2[nH]1. The monoisotopic (exact) mass is 359 g/mol. The fourth-order valence-electron chi connectivity index (χ4n) is 2.61. The molecule has 0 aliphatic rings. The van der Waals surface area contributed by atoms with Crippen molar-refractivity contribution in [3.05, 3.63) is 76.7 Å². The molecule has 0 saturated heterocycles. The minimum absolute atomic E-state index is 0. The first-order valence-corrected chi connectivity index (χ1v) is 7.48. The highest BCUT2D eigenvalue weighted by molar-refractivity contribution is 5.85. The van der Waals surface area contributed by atoms with E-state index < -0.39 is 0 Å². The van der Waals surface area contributed by atoms with E-state index in [0.717, 1.165) is 16.7 Å². The summed E-state index contributed by atoms with van der Waals surface area (Å²) in [6.45, 7) is 0.453. The van der Waals surface area contributed by atoms with Gasteiger partial charge in [0.05, 0.1) is 23.1 Å². The third-order valence-corrected chi connectivity index (χ3v) is 3.78. The Bertz CT molecular complexity index is 1070. The Hall–Kier alpha value is -2.99. The number of hydrogen-bond acceptors (Lipinski definition) is 3. The van der Waals surface area contributed by atoms with Gasteiger partial charge in [0.1, 0.15) is 17.3 Å². The smallest absolute Gasteiger partial charge is 0.323 e. The molecule has 128 valence electrons. The van der Waals surface area contributed by atoms with Gasteiger partial charge in [-0.25, -0.2) is 9.18 Å². The number of aromatic nitrogens is 2. The van der Waals surface area contributed by atoms with Gasteiger partial charge in [-0.05, 0) is 42.5 Å². The Morgan fingerprint density at radius 1 is 1.00 bits per heavy atom. The fraction of sp³-hybridized carbons (Fsp3) is 0.0556. The van der Waals surface area contributed by atoms with E-state index in [-0.39, 0.29) is 23.9 Å². The maximum atomic E-state index is 13.8. The van der Waals surface area contributed by atoms with Crippen LogP contribution >= 0.6 is 12.4 Å². The van der Waals surface area contributed by atoms with Crippen LogP contribution in [-0.2, 0) is 6.54 Å². The zero-order valence-electron chi connectivity index (χ0n) is 13.0. The van der Waals surface area contributed by atoms with Gasteiger partial charge in [-0.15, -0.1) is 12.4 Å². The number of halogens is 2. The number of H-pyrrole nitrogens is 2. The van der Waals surface area contributed by atoms with Crippen LogP contribution in [0.4, 0.5) is 10.1 Å². The van der Waals surface area contributed by atoms with Crippen molar-refractivity contribution in [2.75, 3.05) is 5.32 Å². The molecule has 4 aromatic rings. The molecular formula is C18H15ClFN3O2. The van der Waals surface area contributed by atoms with Crippen molar-refractivity contribution >= 4 is 29.1 Å². The van der Waals surface area contributed by atoms with Gasteiger partial charge in [-0.1, -0.05) is 12.1 Å². The van der Waals surface area contributed by atoms with E-state index in [9.17, 15) is 9.18 Å². The van der Waals surface area contributed by atoms with Crippen LogP contribution in [0.25, 0.3) is 22.4 Å². The van der Waals surface area contributed by atoms with E-state index >= 15 is 0 Å². The summed E-state index contributed by atoms with van der Waals surface area (Å²) in [4.78, 5) is 16.7. The second-order valence-electron chi connectivity index (χ2n) is 5.44. The summed E-state index contributed by atoms with van der Waals surface area (Å²) in [6.07, 6.45) is 0. The molecule has 0 spiro atoms. The number of nitrogens with one attached hydrogen (secondary N) is 3. The van der Waals surface area contributed by atoms with Gasteiger partial charge in [0, 0.05) is 5.69 Å². The lowest BCUT2D eigenvalue weighted by Gasteiger charge is -2.04.